The minimum atomic E-state index is 0.441. The lowest BCUT2D eigenvalue weighted by Gasteiger charge is -2.05. The third-order valence-electron chi connectivity index (χ3n) is 1.69. The summed E-state index contributed by atoms with van der Waals surface area (Å²) in [4.78, 5) is 8.66. The van der Waals surface area contributed by atoms with Crippen molar-refractivity contribution in [1.29, 1.82) is 0 Å². The lowest BCUT2D eigenvalue weighted by Crippen LogP contribution is -1.97. The number of hydrogen-bond acceptors (Lipinski definition) is 2. The first-order chi connectivity index (χ1) is 5.61. The molecule has 0 fully saturated rings. The Labute approximate surface area is 87.0 Å². The van der Waals surface area contributed by atoms with E-state index in [2.05, 4.69) is 53.3 Å². The maximum atomic E-state index is 4.33. The maximum Gasteiger partial charge on any atom is 0.0712 e. The zero-order valence-electron chi connectivity index (χ0n) is 7.58. The Morgan fingerprint density at radius 3 is 1.92 bits per heavy atom. The summed E-state index contributed by atoms with van der Waals surface area (Å²) in [6.07, 6.45) is 3.74. The molecule has 0 aliphatic rings. The molecule has 1 atom stereocenters. The van der Waals surface area contributed by atoms with Gasteiger partial charge in [0, 0.05) is 12.4 Å². The third-order valence-corrected chi connectivity index (χ3v) is 2.33. The fourth-order valence-electron chi connectivity index (χ4n) is 0.852. The van der Waals surface area contributed by atoms with Crippen LogP contribution in [0.2, 0.25) is 0 Å². The van der Waals surface area contributed by atoms with E-state index in [1.165, 1.54) is 0 Å². The van der Waals surface area contributed by atoms with Crippen LogP contribution in [0.5, 0.6) is 0 Å². The van der Waals surface area contributed by atoms with Gasteiger partial charge in [-0.05, 0) is 12.8 Å². The summed E-state index contributed by atoms with van der Waals surface area (Å²) in [5, 5.41) is 0. The van der Waals surface area contributed by atoms with Crippen LogP contribution in [0.1, 0.15) is 42.0 Å². The van der Waals surface area contributed by atoms with E-state index in [-0.39, 0.29) is 0 Å². The fourth-order valence-corrected chi connectivity index (χ4v) is 1.17. The number of nitrogens with zero attached hydrogens (tertiary/aromatic N) is 2. The molecule has 0 saturated heterocycles. The quantitative estimate of drug-likeness (QED) is 0.612. The van der Waals surface area contributed by atoms with Crippen LogP contribution in [0.3, 0.4) is 0 Å². The molecule has 0 bridgehead atoms. The van der Waals surface area contributed by atoms with E-state index >= 15 is 0 Å². The van der Waals surface area contributed by atoms with Crippen molar-refractivity contribution in [2.75, 3.05) is 0 Å². The number of alkyl halides is 1. The van der Waals surface area contributed by atoms with Crippen molar-refractivity contribution in [2.45, 2.75) is 30.6 Å². The normalized spacial score (nSPS) is 13.4. The van der Waals surface area contributed by atoms with Crippen LogP contribution in [0, 0.1) is 0 Å². The van der Waals surface area contributed by atoms with E-state index in [1.54, 1.807) is 0 Å². The Bertz CT molecular complexity index is 214. The van der Waals surface area contributed by atoms with E-state index in [9.17, 15) is 0 Å². The molecule has 0 saturated carbocycles. The van der Waals surface area contributed by atoms with Crippen LogP contribution in [0.4, 0.5) is 0 Å². The molecular weight excluding hydrogens is 263 g/mol. The molecule has 0 spiro atoms. The second kappa shape index (κ2) is 4.16. The lowest BCUT2D eigenvalue weighted by atomic mass is 10.1. The van der Waals surface area contributed by atoms with E-state index < -0.39 is 0 Å². The van der Waals surface area contributed by atoms with Gasteiger partial charge in [0.25, 0.3) is 0 Å². The van der Waals surface area contributed by atoms with Gasteiger partial charge in [0.15, 0.2) is 0 Å². The molecule has 0 radical (unpaired) electrons. The van der Waals surface area contributed by atoms with Crippen LogP contribution >= 0.6 is 22.6 Å². The topological polar surface area (TPSA) is 25.8 Å². The van der Waals surface area contributed by atoms with Crippen molar-refractivity contribution < 1.29 is 0 Å². The average molecular weight is 276 g/mol. The SMILES string of the molecule is CC(C)c1cnc(C(C)I)cn1. The third kappa shape index (κ3) is 2.40. The highest BCUT2D eigenvalue weighted by atomic mass is 127. The Balaban J connectivity index is 2.86. The number of rotatable bonds is 2. The van der Waals surface area contributed by atoms with Crippen molar-refractivity contribution in [3.05, 3.63) is 23.8 Å². The van der Waals surface area contributed by atoms with Gasteiger partial charge in [-0.2, -0.15) is 0 Å². The van der Waals surface area contributed by atoms with Gasteiger partial charge in [0.2, 0.25) is 0 Å². The highest BCUT2D eigenvalue weighted by Crippen LogP contribution is 2.19. The van der Waals surface area contributed by atoms with Gasteiger partial charge in [-0.3, -0.25) is 9.97 Å². The summed E-state index contributed by atoms with van der Waals surface area (Å²) >= 11 is 2.33. The number of hydrogen-bond donors (Lipinski definition) is 0. The zero-order chi connectivity index (χ0) is 9.14. The van der Waals surface area contributed by atoms with Crippen molar-refractivity contribution in [3.63, 3.8) is 0 Å². The van der Waals surface area contributed by atoms with Gasteiger partial charge < -0.3 is 0 Å². The molecule has 1 aromatic rings. The highest BCUT2D eigenvalue weighted by molar-refractivity contribution is 14.1. The first kappa shape index (κ1) is 9.89. The molecule has 0 N–H and O–H groups in total. The standard InChI is InChI=1S/C9H13IN2/c1-6(2)8-4-12-9(5-11-8)7(3)10/h4-7H,1-3H3. The molecule has 3 heteroatoms. The number of halogens is 1. The van der Waals surface area contributed by atoms with Gasteiger partial charge in [0.1, 0.15) is 0 Å². The monoisotopic (exact) mass is 276 g/mol. The molecule has 0 aliphatic carbocycles. The highest BCUT2D eigenvalue weighted by Gasteiger charge is 2.04. The van der Waals surface area contributed by atoms with Crippen LogP contribution < -0.4 is 0 Å². The molecule has 0 aromatic carbocycles. The summed E-state index contributed by atoms with van der Waals surface area (Å²) < 4.78 is 0.441. The summed E-state index contributed by atoms with van der Waals surface area (Å²) in [6, 6.07) is 0. The van der Waals surface area contributed by atoms with Crippen LogP contribution in [-0.2, 0) is 0 Å². The molecule has 12 heavy (non-hydrogen) atoms. The molecule has 1 rings (SSSR count). The summed E-state index contributed by atoms with van der Waals surface area (Å²) in [5.74, 6) is 0.469. The number of aromatic nitrogens is 2. The van der Waals surface area contributed by atoms with Gasteiger partial charge in [-0.25, -0.2) is 0 Å². The van der Waals surface area contributed by atoms with Crippen LogP contribution in [0.15, 0.2) is 12.4 Å². The Hall–Kier alpha value is -0.190. The molecule has 1 unspecified atom stereocenters. The van der Waals surface area contributed by atoms with Crippen molar-refractivity contribution in [1.82, 2.24) is 9.97 Å². The predicted octanol–water partition coefficient (Wildman–Crippen LogP) is 3.10. The van der Waals surface area contributed by atoms with Gasteiger partial charge in [-0.15, -0.1) is 0 Å². The van der Waals surface area contributed by atoms with E-state index in [0.717, 1.165) is 11.4 Å². The van der Waals surface area contributed by atoms with E-state index in [1.807, 2.05) is 12.4 Å². The Morgan fingerprint density at radius 1 is 1.08 bits per heavy atom. The summed E-state index contributed by atoms with van der Waals surface area (Å²) in [6.45, 7) is 6.36. The first-order valence-corrected chi connectivity index (χ1v) is 5.31. The first-order valence-electron chi connectivity index (χ1n) is 4.07. The van der Waals surface area contributed by atoms with Gasteiger partial charge in [-0.1, -0.05) is 36.4 Å². The molecule has 1 heterocycles. The molecule has 1 aromatic heterocycles. The van der Waals surface area contributed by atoms with Gasteiger partial charge >= 0.3 is 0 Å². The minimum absolute atomic E-state index is 0.441. The van der Waals surface area contributed by atoms with E-state index in [0.29, 0.717) is 9.84 Å². The van der Waals surface area contributed by atoms with Crippen molar-refractivity contribution in [3.8, 4) is 0 Å². The molecule has 0 aliphatic heterocycles. The molecule has 0 amide bonds. The Morgan fingerprint density at radius 2 is 1.58 bits per heavy atom. The fraction of sp³-hybridized carbons (Fsp3) is 0.556. The van der Waals surface area contributed by atoms with E-state index in [4.69, 9.17) is 0 Å². The molecular formula is C9H13IN2. The van der Waals surface area contributed by atoms with Crippen LogP contribution in [0.25, 0.3) is 0 Å². The molecule has 66 valence electrons. The second-order valence-electron chi connectivity index (χ2n) is 3.14. The van der Waals surface area contributed by atoms with Gasteiger partial charge in [0.05, 0.1) is 15.3 Å². The second-order valence-corrected chi connectivity index (χ2v) is 5.01. The summed E-state index contributed by atoms with van der Waals surface area (Å²) in [7, 11) is 0. The minimum Gasteiger partial charge on any atom is -0.257 e. The lowest BCUT2D eigenvalue weighted by molar-refractivity contribution is 0.802. The summed E-state index contributed by atoms with van der Waals surface area (Å²) in [5.41, 5.74) is 2.12. The smallest absolute Gasteiger partial charge is 0.0712 e. The Kier molecular flexibility index (Phi) is 3.43. The van der Waals surface area contributed by atoms with Crippen molar-refractivity contribution >= 4 is 22.6 Å². The molecule has 2 nitrogen and oxygen atoms in total. The largest absolute Gasteiger partial charge is 0.257 e. The zero-order valence-corrected chi connectivity index (χ0v) is 9.74. The average Bonchev–Trinajstić information content (AvgIpc) is 2.04. The van der Waals surface area contributed by atoms with Crippen molar-refractivity contribution in [2.24, 2.45) is 0 Å². The maximum absolute atomic E-state index is 4.33. The van der Waals surface area contributed by atoms with Crippen LogP contribution in [-0.4, -0.2) is 9.97 Å². The predicted molar refractivity (Wildman–Crippen MR) is 58.6 cm³/mol.